The summed E-state index contributed by atoms with van der Waals surface area (Å²) in [5.74, 6) is 0.575. The molecule has 0 bridgehead atoms. The summed E-state index contributed by atoms with van der Waals surface area (Å²) >= 11 is 9.09. The van der Waals surface area contributed by atoms with Crippen LogP contribution in [0.25, 0.3) is 0 Å². The maximum Gasteiger partial charge on any atom is 0.407 e. The number of hydrogen-bond acceptors (Lipinski definition) is 5. The zero-order valence-corrected chi connectivity index (χ0v) is 13.3. The van der Waals surface area contributed by atoms with Crippen molar-refractivity contribution in [3.63, 3.8) is 0 Å². The number of aromatic nitrogens is 2. The van der Waals surface area contributed by atoms with Crippen LogP contribution in [-0.2, 0) is 4.74 Å². The average molecular weight is 352 g/mol. The molecule has 0 unspecified atom stereocenters. The Morgan fingerprint density at radius 1 is 1.42 bits per heavy atom. The van der Waals surface area contributed by atoms with Gasteiger partial charge >= 0.3 is 6.09 Å². The fourth-order valence-electron chi connectivity index (χ4n) is 1.13. The molecule has 2 N–H and O–H groups in total. The molecule has 0 saturated carbocycles. The minimum Gasteiger partial charge on any atom is -0.444 e. The molecule has 0 saturated heterocycles. The van der Waals surface area contributed by atoms with Crippen molar-refractivity contribution < 1.29 is 9.53 Å². The van der Waals surface area contributed by atoms with Crippen molar-refractivity contribution in [2.75, 3.05) is 18.4 Å². The van der Waals surface area contributed by atoms with Crippen LogP contribution in [0.1, 0.15) is 20.8 Å². The Morgan fingerprint density at radius 3 is 2.74 bits per heavy atom. The summed E-state index contributed by atoms with van der Waals surface area (Å²) in [6.07, 6.45) is 0.908. The summed E-state index contributed by atoms with van der Waals surface area (Å²) in [5.41, 5.74) is -0.499. The topological polar surface area (TPSA) is 76.1 Å². The molecule has 0 spiro atoms. The molecule has 19 heavy (non-hydrogen) atoms. The standard InChI is InChI=1S/C11H16BrClN4O2/c1-11(2,3)19-10(18)15-5-4-14-9-7(12)8(13)16-6-17-9/h6H,4-5H2,1-3H3,(H,15,18)(H,14,16,17). The molecule has 1 rings (SSSR count). The minimum absolute atomic E-state index is 0.331. The molecule has 0 aliphatic heterocycles. The first-order valence-electron chi connectivity index (χ1n) is 5.66. The Morgan fingerprint density at radius 2 is 2.11 bits per heavy atom. The van der Waals surface area contributed by atoms with E-state index >= 15 is 0 Å². The van der Waals surface area contributed by atoms with Crippen molar-refractivity contribution in [2.24, 2.45) is 0 Å². The van der Waals surface area contributed by atoms with Crippen LogP contribution in [0.3, 0.4) is 0 Å². The molecule has 1 amide bonds. The second kappa shape index (κ2) is 6.91. The first-order valence-corrected chi connectivity index (χ1v) is 6.83. The number of nitrogens with one attached hydrogen (secondary N) is 2. The van der Waals surface area contributed by atoms with Crippen LogP contribution in [0.2, 0.25) is 5.15 Å². The summed E-state index contributed by atoms with van der Waals surface area (Å²) in [6, 6.07) is 0. The number of hydrogen-bond donors (Lipinski definition) is 2. The van der Waals surface area contributed by atoms with Gasteiger partial charge in [0.25, 0.3) is 0 Å². The highest BCUT2D eigenvalue weighted by Crippen LogP contribution is 2.25. The lowest BCUT2D eigenvalue weighted by Crippen LogP contribution is -2.35. The third-order valence-electron chi connectivity index (χ3n) is 1.83. The number of alkyl carbamates (subject to hydrolysis) is 1. The normalized spacial score (nSPS) is 11.0. The molecule has 8 heteroatoms. The average Bonchev–Trinajstić information content (AvgIpc) is 2.27. The third-order valence-corrected chi connectivity index (χ3v) is 3.10. The van der Waals surface area contributed by atoms with Gasteiger partial charge in [-0.15, -0.1) is 0 Å². The molecule has 1 aromatic rings. The van der Waals surface area contributed by atoms with Gasteiger partial charge in [0, 0.05) is 13.1 Å². The fraction of sp³-hybridized carbons (Fsp3) is 0.545. The number of anilines is 1. The molecule has 1 aromatic heterocycles. The Hall–Kier alpha value is -1.08. The molecule has 106 valence electrons. The van der Waals surface area contributed by atoms with Gasteiger partial charge < -0.3 is 15.4 Å². The lowest BCUT2D eigenvalue weighted by atomic mass is 10.2. The maximum absolute atomic E-state index is 11.4. The van der Waals surface area contributed by atoms with Gasteiger partial charge in [-0.25, -0.2) is 14.8 Å². The van der Waals surface area contributed by atoms with E-state index in [1.54, 1.807) is 0 Å². The van der Waals surface area contributed by atoms with Crippen molar-refractivity contribution in [3.8, 4) is 0 Å². The quantitative estimate of drug-likeness (QED) is 0.644. The highest BCUT2D eigenvalue weighted by atomic mass is 79.9. The Labute approximate surface area is 125 Å². The van der Waals surface area contributed by atoms with Gasteiger partial charge in [-0.2, -0.15) is 0 Å². The van der Waals surface area contributed by atoms with E-state index in [1.165, 1.54) is 6.33 Å². The third kappa shape index (κ3) is 6.07. The number of amides is 1. The lowest BCUT2D eigenvalue weighted by Gasteiger charge is -2.19. The predicted octanol–water partition coefficient (Wildman–Crippen LogP) is 2.83. The number of carbonyl (C=O) groups is 1. The number of carbonyl (C=O) groups excluding carboxylic acids is 1. The lowest BCUT2D eigenvalue weighted by molar-refractivity contribution is 0.0530. The van der Waals surface area contributed by atoms with Gasteiger partial charge in [-0.05, 0) is 36.7 Å². The number of nitrogens with zero attached hydrogens (tertiary/aromatic N) is 2. The van der Waals surface area contributed by atoms with Crippen LogP contribution in [-0.4, -0.2) is 34.8 Å². The van der Waals surface area contributed by atoms with Crippen LogP contribution in [0.5, 0.6) is 0 Å². The summed E-state index contributed by atoms with van der Waals surface area (Å²) in [6.45, 7) is 6.33. The highest BCUT2D eigenvalue weighted by Gasteiger charge is 2.15. The number of rotatable bonds is 4. The zero-order valence-electron chi connectivity index (χ0n) is 11.0. The second-order valence-corrected chi connectivity index (χ2v) is 5.83. The van der Waals surface area contributed by atoms with E-state index in [1.807, 2.05) is 20.8 Å². The van der Waals surface area contributed by atoms with Crippen molar-refractivity contribution in [1.82, 2.24) is 15.3 Å². The summed E-state index contributed by atoms with van der Waals surface area (Å²) in [7, 11) is 0. The van der Waals surface area contributed by atoms with E-state index in [-0.39, 0.29) is 0 Å². The van der Waals surface area contributed by atoms with E-state index in [0.29, 0.717) is 28.5 Å². The summed E-state index contributed by atoms with van der Waals surface area (Å²) in [5, 5.41) is 5.98. The van der Waals surface area contributed by atoms with Gasteiger partial charge in [0.05, 0.1) is 4.47 Å². The first-order chi connectivity index (χ1) is 8.79. The second-order valence-electron chi connectivity index (χ2n) is 4.68. The molecule has 0 aliphatic carbocycles. The van der Waals surface area contributed by atoms with E-state index in [9.17, 15) is 4.79 Å². The predicted molar refractivity (Wildman–Crippen MR) is 77.5 cm³/mol. The highest BCUT2D eigenvalue weighted by molar-refractivity contribution is 9.10. The summed E-state index contributed by atoms with van der Waals surface area (Å²) in [4.78, 5) is 19.2. The molecule has 6 nitrogen and oxygen atoms in total. The van der Waals surface area contributed by atoms with Gasteiger partial charge in [0.1, 0.15) is 22.9 Å². The van der Waals surface area contributed by atoms with E-state index in [0.717, 1.165) is 0 Å². The van der Waals surface area contributed by atoms with Gasteiger partial charge in [-0.3, -0.25) is 0 Å². The van der Waals surface area contributed by atoms with Gasteiger partial charge in [-0.1, -0.05) is 11.6 Å². The molecule has 0 fully saturated rings. The van der Waals surface area contributed by atoms with Gasteiger partial charge in [0.15, 0.2) is 0 Å². The van der Waals surface area contributed by atoms with Crippen LogP contribution < -0.4 is 10.6 Å². The van der Waals surface area contributed by atoms with Crippen LogP contribution in [0, 0.1) is 0 Å². The Balaban J connectivity index is 2.32. The summed E-state index contributed by atoms with van der Waals surface area (Å²) < 4.78 is 5.69. The number of halogens is 2. The van der Waals surface area contributed by atoms with Gasteiger partial charge in [0.2, 0.25) is 0 Å². The van der Waals surface area contributed by atoms with Crippen LogP contribution >= 0.6 is 27.5 Å². The Kier molecular flexibility index (Phi) is 5.81. The minimum atomic E-state index is -0.499. The maximum atomic E-state index is 11.4. The SMILES string of the molecule is CC(C)(C)OC(=O)NCCNc1ncnc(Cl)c1Br. The molecule has 0 aliphatic rings. The van der Waals surface area contributed by atoms with Crippen molar-refractivity contribution in [1.29, 1.82) is 0 Å². The van der Waals surface area contributed by atoms with Crippen LogP contribution in [0.4, 0.5) is 10.6 Å². The molecule has 1 heterocycles. The molecular weight excluding hydrogens is 336 g/mol. The first kappa shape index (κ1) is 16.0. The van der Waals surface area contributed by atoms with E-state index in [4.69, 9.17) is 16.3 Å². The fourth-order valence-corrected chi connectivity index (χ4v) is 1.61. The van der Waals surface area contributed by atoms with E-state index < -0.39 is 11.7 Å². The molecule has 0 atom stereocenters. The molecule has 0 radical (unpaired) electrons. The molecule has 0 aromatic carbocycles. The number of ether oxygens (including phenoxy) is 1. The smallest absolute Gasteiger partial charge is 0.407 e. The van der Waals surface area contributed by atoms with Crippen molar-refractivity contribution in [3.05, 3.63) is 16.0 Å². The Bertz CT molecular complexity index is 451. The monoisotopic (exact) mass is 350 g/mol. The largest absolute Gasteiger partial charge is 0.444 e. The zero-order chi connectivity index (χ0) is 14.5. The van der Waals surface area contributed by atoms with Crippen molar-refractivity contribution >= 4 is 39.4 Å². The van der Waals surface area contributed by atoms with E-state index in [2.05, 4.69) is 36.5 Å². The van der Waals surface area contributed by atoms with Crippen LogP contribution in [0.15, 0.2) is 10.8 Å². The molecular formula is C11H16BrClN4O2. The van der Waals surface area contributed by atoms with Crippen molar-refractivity contribution in [2.45, 2.75) is 26.4 Å².